The van der Waals surface area contributed by atoms with E-state index < -0.39 is 0 Å². The van der Waals surface area contributed by atoms with E-state index in [1.807, 2.05) is 19.1 Å². The van der Waals surface area contributed by atoms with Gasteiger partial charge in [-0.2, -0.15) is 0 Å². The molecular weight excluding hydrogens is 284 g/mol. The molecule has 0 aliphatic heterocycles. The van der Waals surface area contributed by atoms with Gasteiger partial charge in [0, 0.05) is 25.1 Å². The summed E-state index contributed by atoms with van der Waals surface area (Å²) in [5, 5.41) is 5.38. The number of amides is 2. The quantitative estimate of drug-likeness (QED) is 0.558. The van der Waals surface area contributed by atoms with E-state index in [-0.39, 0.29) is 30.6 Å². The molecule has 0 aromatic heterocycles. The van der Waals surface area contributed by atoms with E-state index in [2.05, 4.69) is 10.6 Å². The fourth-order valence-corrected chi connectivity index (χ4v) is 1.84. The van der Waals surface area contributed by atoms with Gasteiger partial charge in [0.25, 0.3) is 5.91 Å². The molecule has 1 rings (SSSR count). The second-order valence-corrected chi connectivity index (χ2v) is 4.73. The van der Waals surface area contributed by atoms with Gasteiger partial charge in [0.15, 0.2) is 0 Å². The minimum absolute atomic E-state index is 0.0647. The van der Waals surface area contributed by atoms with Gasteiger partial charge < -0.3 is 15.4 Å². The van der Waals surface area contributed by atoms with E-state index in [4.69, 9.17) is 4.74 Å². The number of esters is 1. The summed E-state index contributed by atoms with van der Waals surface area (Å²) in [5.74, 6) is -0.789. The summed E-state index contributed by atoms with van der Waals surface area (Å²) in [4.78, 5) is 34.5. The lowest BCUT2D eigenvalue weighted by Gasteiger charge is -2.08. The Bertz CT molecular complexity index is 529. The molecular formula is C16H22N2O4. The highest BCUT2D eigenvalue weighted by Crippen LogP contribution is 2.05. The van der Waals surface area contributed by atoms with Crippen molar-refractivity contribution in [2.75, 3.05) is 19.7 Å². The van der Waals surface area contributed by atoms with Gasteiger partial charge in [0.2, 0.25) is 5.91 Å². The van der Waals surface area contributed by atoms with Crippen LogP contribution in [0.4, 0.5) is 0 Å². The van der Waals surface area contributed by atoms with Crippen molar-refractivity contribution in [1.29, 1.82) is 0 Å². The van der Waals surface area contributed by atoms with Gasteiger partial charge in [-0.25, -0.2) is 0 Å². The Balaban J connectivity index is 2.20. The highest BCUT2D eigenvalue weighted by molar-refractivity contribution is 5.95. The summed E-state index contributed by atoms with van der Waals surface area (Å²) in [6.45, 7) is 4.55. The van der Waals surface area contributed by atoms with Crippen molar-refractivity contribution in [3.05, 3.63) is 35.4 Å². The third-order valence-corrected chi connectivity index (χ3v) is 2.98. The SMILES string of the molecule is CCOC(=O)CCC(=O)NCCNC(=O)c1ccccc1C. The Morgan fingerprint density at radius 1 is 1.05 bits per heavy atom. The first-order valence-electron chi connectivity index (χ1n) is 7.30. The number of nitrogens with one attached hydrogen (secondary N) is 2. The maximum Gasteiger partial charge on any atom is 0.306 e. The largest absolute Gasteiger partial charge is 0.466 e. The summed E-state index contributed by atoms with van der Waals surface area (Å²) in [6, 6.07) is 7.30. The molecule has 120 valence electrons. The van der Waals surface area contributed by atoms with Crippen LogP contribution in [0.25, 0.3) is 0 Å². The molecule has 2 amide bonds. The molecule has 0 heterocycles. The zero-order valence-electron chi connectivity index (χ0n) is 13.0. The first-order valence-corrected chi connectivity index (χ1v) is 7.30. The number of carbonyl (C=O) groups excluding carboxylic acids is 3. The molecule has 6 heteroatoms. The summed E-state index contributed by atoms with van der Waals surface area (Å²) in [6.07, 6.45) is 0.153. The highest BCUT2D eigenvalue weighted by atomic mass is 16.5. The highest BCUT2D eigenvalue weighted by Gasteiger charge is 2.09. The van der Waals surface area contributed by atoms with Gasteiger partial charge >= 0.3 is 5.97 Å². The van der Waals surface area contributed by atoms with Crippen molar-refractivity contribution in [1.82, 2.24) is 10.6 Å². The Hall–Kier alpha value is -2.37. The number of hydrogen-bond acceptors (Lipinski definition) is 4. The second-order valence-electron chi connectivity index (χ2n) is 4.73. The molecule has 0 fully saturated rings. The Morgan fingerprint density at radius 3 is 2.41 bits per heavy atom. The van der Waals surface area contributed by atoms with Gasteiger partial charge in [-0.3, -0.25) is 14.4 Å². The van der Waals surface area contributed by atoms with Crippen LogP contribution in [0.1, 0.15) is 35.7 Å². The van der Waals surface area contributed by atoms with E-state index in [1.165, 1.54) is 0 Å². The first-order chi connectivity index (χ1) is 10.5. The smallest absolute Gasteiger partial charge is 0.306 e. The second kappa shape index (κ2) is 9.55. The van der Waals surface area contributed by atoms with Crippen molar-refractivity contribution in [3.63, 3.8) is 0 Å². The summed E-state index contributed by atoms with van der Waals surface area (Å²) in [5.41, 5.74) is 1.52. The molecule has 0 aliphatic rings. The molecule has 1 aromatic rings. The van der Waals surface area contributed by atoms with E-state index in [0.717, 1.165) is 5.56 Å². The van der Waals surface area contributed by atoms with Gasteiger partial charge in [0.05, 0.1) is 13.0 Å². The van der Waals surface area contributed by atoms with Crippen LogP contribution in [-0.2, 0) is 14.3 Å². The minimum Gasteiger partial charge on any atom is -0.466 e. The van der Waals surface area contributed by atoms with Crippen LogP contribution in [0, 0.1) is 6.92 Å². The lowest BCUT2D eigenvalue weighted by atomic mass is 10.1. The number of carbonyl (C=O) groups is 3. The molecule has 22 heavy (non-hydrogen) atoms. The Kier molecular flexibility index (Phi) is 7.67. The lowest BCUT2D eigenvalue weighted by Crippen LogP contribution is -2.35. The normalized spacial score (nSPS) is 9.91. The van der Waals surface area contributed by atoms with Crippen LogP contribution in [0.2, 0.25) is 0 Å². The number of aryl methyl sites for hydroxylation is 1. The lowest BCUT2D eigenvalue weighted by molar-refractivity contribution is -0.144. The van der Waals surface area contributed by atoms with Gasteiger partial charge in [-0.15, -0.1) is 0 Å². The molecule has 0 unspecified atom stereocenters. The summed E-state index contributed by atoms with van der Waals surface area (Å²) >= 11 is 0. The molecule has 0 saturated carbocycles. The van der Waals surface area contributed by atoms with Crippen LogP contribution < -0.4 is 10.6 Å². The average molecular weight is 306 g/mol. The summed E-state index contributed by atoms with van der Waals surface area (Å²) in [7, 11) is 0. The predicted molar refractivity (Wildman–Crippen MR) is 82.4 cm³/mol. The third-order valence-electron chi connectivity index (χ3n) is 2.98. The molecule has 0 saturated heterocycles. The number of benzene rings is 1. The number of ether oxygens (including phenoxy) is 1. The topological polar surface area (TPSA) is 84.5 Å². The van der Waals surface area contributed by atoms with Crippen LogP contribution in [0.3, 0.4) is 0 Å². The van der Waals surface area contributed by atoms with Crippen LogP contribution in [0.5, 0.6) is 0 Å². The molecule has 2 N–H and O–H groups in total. The summed E-state index contributed by atoms with van der Waals surface area (Å²) < 4.78 is 4.73. The molecule has 0 atom stereocenters. The van der Waals surface area contributed by atoms with E-state index >= 15 is 0 Å². The first kappa shape index (κ1) is 17.7. The molecule has 0 aliphatic carbocycles. The minimum atomic E-state index is -0.384. The fraction of sp³-hybridized carbons (Fsp3) is 0.438. The Morgan fingerprint density at radius 2 is 1.73 bits per heavy atom. The van der Waals surface area contributed by atoms with Crippen molar-refractivity contribution in [2.24, 2.45) is 0 Å². The van der Waals surface area contributed by atoms with Gasteiger partial charge in [-0.1, -0.05) is 18.2 Å². The van der Waals surface area contributed by atoms with Crippen LogP contribution >= 0.6 is 0 Å². The molecule has 0 spiro atoms. The fourth-order valence-electron chi connectivity index (χ4n) is 1.84. The molecule has 0 bridgehead atoms. The van der Waals surface area contributed by atoms with Gasteiger partial charge in [0.1, 0.15) is 0 Å². The molecule has 0 radical (unpaired) electrons. The van der Waals surface area contributed by atoms with Crippen LogP contribution in [0.15, 0.2) is 24.3 Å². The maximum absolute atomic E-state index is 11.9. The third kappa shape index (κ3) is 6.39. The average Bonchev–Trinajstić information content (AvgIpc) is 2.50. The van der Waals surface area contributed by atoms with Crippen molar-refractivity contribution in [3.8, 4) is 0 Å². The molecule has 1 aromatic carbocycles. The van der Waals surface area contributed by atoms with Gasteiger partial charge in [-0.05, 0) is 25.5 Å². The van der Waals surface area contributed by atoms with Crippen molar-refractivity contribution < 1.29 is 19.1 Å². The number of hydrogen-bond donors (Lipinski definition) is 2. The van der Waals surface area contributed by atoms with E-state index in [0.29, 0.717) is 25.3 Å². The maximum atomic E-state index is 11.9. The zero-order chi connectivity index (χ0) is 16.4. The predicted octanol–water partition coefficient (Wildman–Crippen LogP) is 1.18. The molecule has 6 nitrogen and oxygen atoms in total. The monoisotopic (exact) mass is 306 g/mol. The van der Waals surface area contributed by atoms with E-state index in [9.17, 15) is 14.4 Å². The standard InChI is InChI=1S/C16H22N2O4/c1-3-22-15(20)9-8-14(19)17-10-11-18-16(21)13-7-5-4-6-12(13)2/h4-7H,3,8-11H2,1-2H3,(H,17,19)(H,18,21). The van der Waals surface area contributed by atoms with E-state index in [1.54, 1.807) is 19.1 Å². The van der Waals surface area contributed by atoms with Crippen molar-refractivity contribution >= 4 is 17.8 Å². The number of rotatable bonds is 8. The van der Waals surface area contributed by atoms with Crippen molar-refractivity contribution in [2.45, 2.75) is 26.7 Å². The Labute approximate surface area is 130 Å². The zero-order valence-corrected chi connectivity index (χ0v) is 13.0. The van der Waals surface area contributed by atoms with Crippen LogP contribution in [-0.4, -0.2) is 37.5 Å².